The van der Waals surface area contributed by atoms with Crippen molar-refractivity contribution in [2.75, 3.05) is 13.1 Å². The molecular formula is C17H22N2S. The molecule has 1 fully saturated rings. The number of hydrogen-bond acceptors (Lipinski definition) is 3. The molecule has 1 saturated heterocycles. The van der Waals surface area contributed by atoms with Crippen molar-refractivity contribution in [1.29, 1.82) is 0 Å². The Morgan fingerprint density at radius 1 is 1.30 bits per heavy atom. The average molecular weight is 286 g/mol. The first-order chi connectivity index (χ1) is 9.72. The summed E-state index contributed by atoms with van der Waals surface area (Å²) < 4.78 is 0. The van der Waals surface area contributed by atoms with Crippen molar-refractivity contribution in [3.8, 4) is 0 Å². The van der Waals surface area contributed by atoms with Gasteiger partial charge < -0.3 is 0 Å². The van der Waals surface area contributed by atoms with Gasteiger partial charge in [-0.2, -0.15) is 0 Å². The van der Waals surface area contributed by atoms with E-state index in [2.05, 4.69) is 54.5 Å². The van der Waals surface area contributed by atoms with Gasteiger partial charge in [0.15, 0.2) is 0 Å². The van der Waals surface area contributed by atoms with Crippen LogP contribution >= 0.6 is 11.3 Å². The predicted molar refractivity (Wildman–Crippen MR) is 85.3 cm³/mol. The summed E-state index contributed by atoms with van der Waals surface area (Å²) in [6.07, 6.45) is 1.27. The Morgan fingerprint density at radius 2 is 2.10 bits per heavy atom. The van der Waals surface area contributed by atoms with Gasteiger partial charge in [0.25, 0.3) is 0 Å². The first-order valence-electron chi connectivity index (χ1n) is 7.44. The predicted octanol–water partition coefficient (Wildman–Crippen LogP) is 4.26. The third-order valence-corrected chi connectivity index (χ3v) is 5.19. The van der Waals surface area contributed by atoms with E-state index in [0.717, 1.165) is 6.54 Å². The molecule has 2 heterocycles. The zero-order valence-corrected chi connectivity index (χ0v) is 13.1. The van der Waals surface area contributed by atoms with Crippen molar-refractivity contribution in [1.82, 2.24) is 9.88 Å². The highest BCUT2D eigenvalue weighted by Gasteiger charge is 2.24. The summed E-state index contributed by atoms with van der Waals surface area (Å²) in [5.41, 5.74) is 2.73. The maximum Gasteiger partial charge on any atom is 0.0954 e. The number of rotatable bonds is 4. The van der Waals surface area contributed by atoms with E-state index in [4.69, 9.17) is 4.98 Å². The van der Waals surface area contributed by atoms with Gasteiger partial charge in [0.1, 0.15) is 0 Å². The van der Waals surface area contributed by atoms with E-state index in [0.29, 0.717) is 11.8 Å². The van der Waals surface area contributed by atoms with Gasteiger partial charge in [-0.1, -0.05) is 44.2 Å². The Morgan fingerprint density at radius 3 is 2.80 bits per heavy atom. The van der Waals surface area contributed by atoms with Crippen LogP contribution in [-0.2, 0) is 6.54 Å². The zero-order valence-electron chi connectivity index (χ0n) is 12.2. The van der Waals surface area contributed by atoms with Crippen molar-refractivity contribution in [3.05, 3.63) is 52.0 Å². The topological polar surface area (TPSA) is 16.1 Å². The normalized spacial score (nSPS) is 19.9. The molecule has 20 heavy (non-hydrogen) atoms. The summed E-state index contributed by atoms with van der Waals surface area (Å²) >= 11 is 1.80. The summed E-state index contributed by atoms with van der Waals surface area (Å²) in [7, 11) is 0. The maximum absolute atomic E-state index is 4.75. The molecular weight excluding hydrogens is 264 g/mol. The SMILES string of the molecule is CC(C)c1nc(CN2CC[C@@H](c3ccccc3)C2)cs1. The van der Waals surface area contributed by atoms with E-state index in [9.17, 15) is 0 Å². The van der Waals surface area contributed by atoms with Crippen molar-refractivity contribution >= 4 is 11.3 Å². The van der Waals surface area contributed by atoms with Crippen LogP contribution in [0.15, 0.2) is 35.7 Å². The first-order valence-corrected chi connectivity index (χ1v) is 8.32. The van der Waals surface area contributed by atoms with E-state index in [1.807, 2.05) is 0 Å². The summed E-state index contributed by atoms with van der Waals surface area (Å²) in [5.74, 6) is 1.24. The summed E-state index contributed by atoms with van der Waals surface area (Å²) in [5, 5.41) is 3.49. The second-order valence-electron chi connectivity index (χ2n) is 5.96. The third-order valence-electron chi connectivity index (χ3n) is 3.99. The lowest BCUT2D eigenvalue weighted by Crippen LogP contribution is -2.20. The third kappa shape index (κ3) is 3.10. The number of benzene rings is 1. The molecule has 0 aliphatic carbocycles. The van der Waals surface area contributed by atoms with Gasteiger partial charge in [-0.3, -0.25) is 4.90 Å². The molecule has 0 radical (unpaired) electrons. The fraction of sp³-hybridized carbons (Fsp3) is 0.471. The number of aromatic nitrogens is 1. The monoisotopic (exact) mass is 286 g/mol. The summed E-state index contributed by atoms with van der Waals surface area (Å²) in [4.78, 5) is 7.29. The van der Waals surface area contributed by atoms with Crippen molar-refractivity contribution in [3.63, 3.8) is 0 Å². The molecule has 106 valence electrons. The molecule has 3 rings (SSSR count). The lowest BCUT2D eigenvalue weighted by atomic mass is 9.99. The quantitative estimate of drug-likeness (QED) is 0.835. The number of likely N-dealkylation sites (tertiary alicyclic amines) is 1. The van der Waals surface area contributed by atoms with Crippen LogP contribution in [0.5, 0.6) is 0 Å². The second-order valence-corrected chi connectivity index (χ2v) is 6.85. The van der Waals surface area contributed by atoms with Gasteiger partial charge in [0.2, 0.25) is 0 Å². The Hall–Kier alpha value is -1.19. The average Bonchev–Trinajstić information content (AvgIpc) is 3.10. The largest absolute Gasteiger partial charge is 0.297 e. The van der Waals surface area contributed by atoms with Crippen LogP contribution in [0.3, 0.4) is 0 Å². The molecule has 2 nitrogen and oxygen atoms in total. The highest BCUT2D eigenvalue weighted by Crippen LogP contribution is 2.28. The smallest absolute Gasteiger partial charge is 0.0954 e. The van der Waals surface area contributed by atoms with Crippen LogP contribution in [-0.4, -0.2) is 23.0 Å². The first kappa shape index (κ1) is 13.8. The summed E-state index contributed by atoms with van der Waals surface area (Å²) in [6.45, 7) is 7.78. The molecule has 2 aromatic rings. The molecule has 1 aromatic heterocycles. The molecule has 3 heteroatoms. The molecule has 0 bridgehead atoms. The Balaban J connectivity index is 1.60. The minimum absolute atomic E-state index is 0.546. The van der Waals surface area contributed by atoms with Gasteiger partial charge in [0, 0.05) is 24.4 Å². The van der Waals surface area contributed by atoms with Gasteiger partial charge in [0.05, 0.1) is 10.7 Å². The van der Waals surface area contributed by atoms with Gasteiger partial charge >= 0.3 is 0 Å². The number of hydrogen-bond donors (Lipinski definition) is 0. The second kappa shape index (κ2) is 6.06. The van der Waals surface area contributed by atoms with E-state index in [-0.39, 0.29) is 0 Å². The molecule has 0 spiro atoms. The molecule has 1 atom stereocenters. The van der Waals surface area contributed by atoms with Crippen molar-refractivity contribution in [2.45, 2.75) is 38.6 Å². The maximum atomic E-state index is 4.75. The summed E-state index contributed by atoms with van der Waals surface area (Å²) in [6, 6.07) is 10.9. The Labute approximate surface area is 125 Å². The zero-order chi connectivity index (χ0) is 13.9. The van der Waals surface area contributed by atoms with Gasteiger partial charge in [-0.05, 0) is 24.4 Å². The van der Waals surface area contributed by atoms with E-state index >= 15 is 0 Å². The standard InChI is InChI=1S/C17H22N2S/c1-13(2)17-18-16(12-20-17)11-19-9-8-15(10-19)14-6-4-3-5-7-14/h3-7,12-13,15H,8-11H2,1-2H3/t15-/m1/s1. The van der Waals surface area contributed by atoms with E-state index < -0.39 is 0 Å². The molecule has 1 aliphatic rings. The minimum atomic E-state index is 0.546. The minimum Gasteiger partial charge on any atom is -0.297 e. The number of nitrogens with zero attached hydrogens (tertiary/aromatic N) is 2. The highest BCUT2D eigenvalue weighted by molar-refractivity contribution is 7.09. The Kier molecular flexibility index (Phi) is 4.18. The fourth-order valence-electron chi connectivity index (χ4n) is 2.86. The molecule has 0 amide bonds. The van der Waals surface area contributed by atoms with Crippen LogP contribution in [0, 0.1) is 0 Å². The number of thiazole rings is 1. The molecule has 1 aliphatic heterocycles. The van der Waals surface area contributed by atoms with Crippen LogP contribution in [0.4, 0.5) is 0 Å². The van der Waals surface area contributed by atoms with Crippen LogP contribution < -0.4 is 0 Å². The lowest BCUT2D eigenvalue weighted by molar-refractivity contribution is 0.323. The van der Waals surface area contributed by atoms with Crippen LogP contribution in [0.2, 0.25) is 0 Å². The van der Waals surface area contributed by atoms with Crippen molar-refractivity contribution in [2.24, 2.45) is 0 Å². The Bertz CT molecular complexity index is 547. The lowest BCUT2D eigenvalue weighted by Gasteiger charge is -2.14. The molecule has 0 N–H and O–H groups in total. The van der Waals surface area contributed by atoms with Crippen molar-refractivity contribution < 1.29 is 0 Å². The van der Waals surface area contributed by atoms with Crippen LogP contribution in [0.1, 0.15) is 48.4 Å². The van der Waals surface area contributed by atoms with Gasteiger partial charge in [-0.15, -0.1) is 11.3 Å². The fourth-order valence-corrected chi connectivity index (χ4v) is 3.69. The highest BCUT2D eigenvalue weighted by atomic mass is 32.1. The molecule has 0 unspecified atom stereocenters. The molecule has 0 saturated carbocycles. The molecule has 1 aromatic carbocycles. The van der Waals surface area contributed by atoms with E-state index in [1.54, 1.807) is 11.3 Å². The van der Waals surface area contributed by atoms with Crippen LogP contribution in [0.25, 0.3) is 0 Å². The van der Waals surface area contributed by atoms with Gasteiger partial charge in [-0.25, -0.2) is 4.98 Å². The van der Waals surface area contributed by atoms with E-state index in [1.165, 1.54) is 35.8 Å².